The number of rotatable bonds is 5. The van der Waals surface area contributed by atoms with E-state index in [0.29, 0.717) is 0 Å². The third-order valence-corrected chi connectivity index (χ3v) is 2.65. The lowest BCUT2D eigenvalue weighted by molar-refractivity contribution is 0.251. The van der Waals surface area contributed by atoms with Crippen molar-refractivity contribution in [1.29, 1.82) is 0 Å². The SMILES string of the molecule is COc1c(C)cc(CN[C@@H](C)CO)cc1C. The molecule has 0 saturated heterocycles. The van der Waals surface area contributed by atoms with E-state index in [0.717, 1.165) is 23.4 Å². The van der Waals surface area contributed by atoms with Crippen molar-refractivity contribution in [2.45, 2.75) is 33.4 Å². The van der Waals surface area contributed by atoms with Crippen LogP contribution in [-0.4, -0.2) is 24.9 Å². The second-order valence-electron chi connectivity index (χ2n) is 4.23. The molecular formula is C13H21NO2. The van der Waals surface area contributed by atoms with E-state index < -0.39 is 0 Å². The fourth-order valence-corrected chi connectivity index (χ4v) is 1.82. The third kappa shape index (κ3) is 3.22. The van der Waals surface area contributed by atoms with Crippen molar-refractivity contribution in [1.82, 2.24) is 5.32 Å². The largest absolute Gasteiger partial charge is 0.496 e. The van der Waals surface area contributed by atoms with E-state index in [9.17, 15) is 0 Å². The molecule has 2 N–H and O–H groups in total. The van der Waals surface area contributed by atoms with Gasteiger partial charge in [-0.25, -0.2) is 0 Å². The number of aliphatic hydroxyl groups excluding tert-OH is 1. The molecule has 0 aliphatic heterocycles. The van der Waals surface area contributed by atoms with Crippen LogP contribution in [0.3, 0.4) is 0 Å². The van der Waals surface area contributed by atoms with Crippen molar-refractivity contribution in [2.24, 2.45) is 0 Å². The molecule has 0 spiro atoms. The molecule has 0 saturated carbocycles. The number of hydrogen-bond acceptors (Lipinski definition) is 3. The molecule has 3 heteroatoms. The molecule has 90 valence electrons. The minimum atomic E-state index is 0.128. The van der Waals surface area contributed by atoms with Crippen LogP contribution in [0.2, 0.25) is 0 Å². The number of aliphatic hydroxyl groups is 1. The van der Waals surface area contributed by atoms with Gasteiger partial charge in [0.2, 0.25) is 0 Å². The van der Waals surface area contributed by atoms with Gasteiger partial charge in [0.1, 0.15) is 5.75 Å². The number of benzene rings is 1. The summed E-state index contributed by atoms with van der Waals surface area (Å²) in [7, 11) is 1.70. The molecule has 3 nitrogen and oxygen atoms in total. The molecule has 1 atom stereocenters. The summed E-state index contributed by atoms with van der Waals surface area (Å²) in [5, 5.41) is 12.2. The minimum Gasteiger partial charge on any atom is -0.496 e. The predicted octanol–water partition coefficient (Wildman–Crippen LogP) is 1.78. The van der Waals surface area contributed by atoms with Gasteiger partial charge < -0.3 is 15.2 Å². The highest BCUT2D eigenvalue weighted by molar-refractivity contribution is 5.43. The van der Waals surface area contributed by atoms with Gasteiger partial charge in [0.25, 0.3) is 0 Å². The third-order valence-electron chi connectivity index (χ3n) is 2.65. The van der Waals surface area contributed by atoms with Crippen molar-refractivity contribution in [3.8, 4) is 5.75 Å². The van der Waals surface area contributed by atoms with E-state index in [2.05, 4.69) is 17.4 Å². The van der Waals surface area contributed by atoms with Crippen molar-refractivity contribution < 1.29 is 9.84 Å². The molecule has 0 amide bonds. The fourth-order valence-electron chi connectivity index (χ4n) is 1.82. The average Bonchev–Trinajstić information content (AvgIpc) is 2.25. The Hall–Kier alpha value is -1.06. The number of hydrogen-bond donors (Lipinski definition) is 2. The monoisotopic (exact) mass is 223 g/mol. The van der Waals surface area contributed by atoms with Gasteiger partial charge in [-0.3, -0.25) is 0 Å². The summed E-state index contributed by atoms with van der Waals surface area (Å²) in [4.78, 5) is 0. The Morgan fingerprint density at radius 1 is 1.31 bits per heavy atom. The molecule has 0 aliphatic carbocycles. The standard InChI is InChI=1S/C13H21NO2/c1-9-5-12(7-14-11(3)8-15)6-10(2)13(9)16-4/h5-6,11,14-15H,7-8H2,1-4H3/t11-/m0/s1. The molecule has 0 aliphatic rings. The van der Waals surface area contributed by atoms with E-state index >= 15 is 0 Å². The van der Waals surface area contributed by atoms with Crippen molar-refractivity contribution in [2.75, 3.05) is 13.7 Å². The normalized spacial score (nSPS) is 12.6. The zero-order chi connectivity index (χ0) is 12.1. The molecule has 0 fully saturated rings. The Morgan fingerprint density at radius 2 is 1.88 bits per heavy atom. The van der Waals surface area contributed by atoms with E-state index in [1.807, 2.05) is 20.8 Å². The molecule has 0 aromatic heterocycles. The molecule has 1 aromatic carbocycles. The van der Waals surface area contributed by atoms with E-state index in [4.69, 9.17) is 9.84 Å². The molecule has 0 radical (unpaired) electrons. The average molecular weight is 223 g/mol. The zero-order valence-corrected chi connectivity index (χ0v) is 10.5. The first kappa shape index (κ1) is 13.0. The Labute approximate surface area is 97.4 Å². The van der Waals surface area contributed by atoms with Gasteiger partial charge in [-0.1, -0.05) is 12.1 Å². The van der Waals surface area contributed by atoms with Crippen LogP contribution in [0.5, 0.6) is 5.75 Å². The second-order valence-corrected chi connectivity index (χ2v) is 4.23. The first-order valence-corrected chi connectivity index (χ1v) is 5.56. The van der Waals surface area contributed by atoms with E-state index in [-0.39, 0.29) is 12.6 Å². The summed E-state index contributed by atoms with van der Waals surface area (Å²) in [5.74, 6) is 0.957. The Balaban J connectivity index is 2.76. The summed E-state index contributed by atoms with van der Waals surface area (Å²) in [6, 6.07) is 4.36. The first-order valence-electron chi connectivity index (χ1n) is 5.56. The van der Waals surface area contributed by atoms with Crippen molar-refractivity contribution >= 4 is 0 Å². The van der Waals surface area contributed by atoms with Gasteiger partial charge in [-0.15, -0.1) is 0 Å². The quantitative estimate of drug-likeness (QED) is 0.799. The number of nitrogens with one attached hydrogen (secondary N) is 1. The maximum Gasteiger partial charge on any atom is 0.124 e. The van der Waals surface area contributed by atoms with Crippen LogP contribution in [0.25, 0.3) is 0 Å². The topological polar surface area (TPSA) is 41.5 Å². The smallest absolute Gasteiger partial charge is 0.124 e. The van der Waals surface area contributed by atoms with Crippen molar-refractivity contribution in [3.05, 3.63) is 28.8 Å². The van der Waals surface area contributed by atoms with Gasteiger partial charge >= 0.3 is 0 Å². The van der Waals surface area contributed by atoms with Gasteiger partial charge in [0.05, 0.1) is 13.7 Å². The lowest BCUT2D eigenvalue weighted by atomic mass is 10.1. The van der Waals surface area contributed by atoms with Gasteiger partial charge in [0, 0.05) is 12.6 Å². The highest BCUT2D eigenvalue weighted by Gasteiger charge is 2.06. The van der Waals surface area contributed by atoms with Crippen LogP contribution < -0.4 is 10.1 Å². The van der Waals surface area contributed by atoms with Gasteiger partial charge in [-0.05, 0) is 37.5 Å². The lowest BCUT2D eigenvalue weighted by Crippen LogP contribution is -2.28. The fraction of sp³-hybridized carbons (Fsp3) is 0.538. The van der Waals surface area contributed by atoms with Crippen LogP contribution >= 0.6 is 0 Å². The van der Waals surface area contributed by atoms with E-state index in [1.54, 1.807) is 7.11 Å². The molecule has 0 bridgehead atoms. The number of methoxy groups -OCH3 is 1. The lowest BCUT2D eigenvalue weighted by Gasteiger charge is -2.14. The predicted molar refractivity (Wildman–Crippen MR) is 65.9 cm³/mol. The molecule has 1 rings (SSSR count). The molecule has 0 heterocycles. The van der Waals surface area contributed by atoms with Gasteiger partial charge in [0.15, 0.2) is 0 Å². The van der Waals surface area contributed by atoms with Crippen molar-refractivity contribution in [3.63, 3.8) is 0 Å². The van der Waals surface area contributed by atoms with Gasteiger partial charge in [-0.2, -0.15) is 0 Å². The minimum absolute atomic E-state index is 0.128. The zero-order valence-electron chi connectivity index (χ0n) is 10.5. The molecule has 16 heavy (non-hydrogen) atoms. The Bertz CT molecular complexity index is 327. The maximum absolute atomic E-state index is 8.92. The highest BCUT2D eigenvalue weighted by atomic mass is 16.5. The Morgan fingerprint density at radius 3 is 2.31 bits per heavy atom. The van der Waals surface area contributed by atoms with Crippen LogP contribution in [-0.2, 0) is 6.54 Å². The first-order chi connectivity index (χ1) is 7.58. The second kappa shape index (κ2) is 5.87. The van der Waals surface area contributed by atoms with Crippen LogP contribution in [0.1, 0.15) is 23.6 Å². The van der Waals surface area contributed by atoms with Crippen LogP contribution in [0, 0.1) is 13.8 Å². The molecule has 1 aromatic rings. The van der Waals surface area contributed by atoms with E-state index in [1.165, 1.54) is 5.56 Å². The Kier molecular flexibility index (Phi) is 4.77. The number of aryl methyl sites for hydroxylation is 2. The molecular weight excluding hydrogens is 202 g/mol. The summed E-state index contributed by atoms with van der Waals surface area (Å²) in [6.45, 7) is 6.99. The molecule has 0 unspecified atom stereocenters. The summed E-state index contributed by atoms with van der Waals surface area (Å²) < 4.78 is 5.32. The van der Waals surface area contributed by atoms with Crippen LogP contribution in [0.4, 0.5) is 0 Å². The number of ether oxygens (including phenoxy) is 1. The highest BCUT2D eigenvalue weighted by Crippen LogP contribution is 2.24. The summed E-state index contributed by atoms with van der Waals surface area (Å²) in [5.41, 5.74) is 3.52. The summed E-state index contributed by atoms with van der Waals surface area (Å²) in [6.07, 6.45) is 0. The maximum atomic E-state index is 8.92. The van der Waals surface area contributed by atoms with Crippen LogP contribution in [0.15, 0.2) is 12.1 Å². The summed E-state index contributed by atoms with van der Waals surface area (Å²) >= 11 is 0.